The van der Waals surface area contributed by atoms with Crippen LogP contribution in [-0.2, 0) is 10.0 Å². The molecule has 0 amide bonds. The molecule has 106 valence electrons. The third-order valence-corrected chi connectivity index (χ3v) is 5.06. The Morgan fingerprint density at radius 3 is 2.55 bits per heavy atom. The Morgan fingerprint density at radius 2 is 1.90 bits per heavy atom. The Bertz CT molecular complexity index is 767. The van der Waals surface area contributed by atoms with Gasteiger partial charge in [0.05, 0.1) is 10.7 Å². The summed E-state index contributed by atoms with van der Waals surface area (Å²) in [6, 6.07) is 7.83. The van der Waals surface area contributed by atoms with E-state index in [1.165, 1.54) is 12.1 Å². The normalized spacial score (nSPS) is 11.3. The Balaban J connectivity index is 2.47. The van der Waals surface area contributed by atoms with Crippen molar-refractivity contribution < 1.29 is 17.9 Å². The van der Waals surface area contributed by atoms with E-state index in [1.54, 1.807) is 12.1 Å². The molecule has 0 bridgehead atoms. The van der Waals surface area contributed by atoms with E-state index in [0.717, 1.165) is 12.1 Å². The van der Waals surface area contributed by atoms with Crippen molar-refractivity contribution in [3.8, 4) is 5.75 Å². The summed E-state index contributed by atoms with van der Waals surface area (Å²) in [6.07, 6.45) is 0. The van der Waals surface area contributed by atoms with Crippen LogP contribution in [0.1, 0.15) is 0 Å². The first-order chi connectivity index (χ1) is 9.31. The SMILES string of the molecule is O=S(=O)(Nc1cc(F)cc(Cl)c1O)c1ccccc1Br. The number of benzene rings is 2. The van der Waals surface area contributed by atoms with E-state index in [4.69, 9.17) is 11.6 Å². The summed E-state index contributed by atoms with van der Waals surface area (Å²) in [6.45, 7) is 0. The molecule has 0 saturated heterocycles. The fourth-order valence-corrected chi connectivity index (χ4v) is 3.77. The summed E-state index contributed by atoms with van der Waals surface area (Å²) in [4.78, 5) is -0.0419. The average molecular weight is 381 g/mol. The van der Waals surface area contributed by atoms with E-state index in [2.05, 4.69) is 20.7 Å². The summed E-state index contributed by atoms with van der Waals surface area (Å²) in [5.41, 5.74) is -0.328. The summed E-state index contributed by atoms with van der Waals surface area (Å²) in [5.74, 6) is -1.30. The molecule has 0 aliphatic rings. The number of phenols is 1. The van der Waals surface area contributed by atoms with Gasteiger partial charge in [0, 0.05) is 10.5 Å². The lowest BCUT2D eigenvalue weighted by molar-refractivity contribution is 0.476. The highest BCUT2D eigenvalue weighted by Crippen LogP contribution is 2.34. The number of anilines is 1. The van der Waals surface area contributed by atoms with Gasteiger partial charge in [-0.3, -0.25) is 4.72 Å². The average Bonchev–Trinajstić information content (AvgIpc) is 2.35. The van der Waals surface area contributed by atoms with Crippen molar-refractivity contribution >= 4 is 43.2 Å². The molecule has 0 atom stereocenters. The van der Waals surface area contributed by atoms with Crippen LogP contribution in [0.4, 0.5) is 10.1 Å². The Labute approximate surface area is 128 Å². The summed E-state index contributed by atoms with van der Waals surface area (Å²) in [5, 5.41) is 9.38. The van der Waals surface area contributed by atoms with Crippen LogP contribution in [0.15, 0.2) is 45.8 Å². The van der Waals surface area contributed by atoms with Crippen molar-refractivity contribution in [1.29, 1.82) is 0 Å². The van der Waals surface area contributed by atoms with E-state index < -0.39 is 21.6 Å². The molecule has 2 N–H and O–H groups in total. The number of rotatable bonds is 3. The highest BCUT2D eigenvalue weighted by molar-refractivity contribution is 9.10. The predicted molar refractivity (Wildman–Crippen MR) is 78.0 cm³/mol. The number of halogens is 3. The van der Waals surface area contributed by atoms with Crippen LogP contribution in [0.3, 0.4) is 0 Å². The number of hydrogen-bond acceptors (Lipinski definition) is 3. The zero-order valence-corrected chi connectivity index (χ0v) is 12.9. The molecule has 2 aromatic rings. The summed E-state index contributed by atoms with van der Waals surface area (Å²) in [7, 11) is -3.98. The zero-order chi connectivity index (χ0) is 14.9. The van der Waals surface area contributed by atoms with Crippen LogP contribution in [0.2, 0.25) is 5.02 Å². The highest BCUT2D eigenvalue weighted by Gasteiger charge is 2.20. The molecule has 2 aromatic carbocycles. The van der Waals surface area contributed by atoms with Gasteiger partial charge in [-0.05, 0) is 34.1 Å². The van der Waals surface area contributed by atoms with E-state index in [9.17, 15) is 17.9 Å². The lowest BCUT2D eigenvalue weighted by Crippen LogP contribution is -2.13. The number of hydrogen-bond donors (Lipinski definition) is 2. The van der Waals surface area contributed by atoms with Crippen LogP contribution < -0.4 is 4.72 Å². The second-order valence-corrected chi connectivity index (χ2v) is 6.73. The van der Waals surface area contributed by atoms with Crippen LogP contribution in [0, 0.1) is 5.82 Å². The monoisotopic (exact) mass is 379 g/mol. The molecule has 2 rings (SSSR count). The lowest BCUT2D eigenvalue weighted by Gasteiger charge is -2.11. The Morgan fingerprint density at radius 1 is 1.25 bits per heavy atom. The minimum Gasteiger partial charge on any atom is -0.504 e. The van der Waals surface area contributed by atoms with Gasteiger partial charge in [0.2, 0.25) is 0 Å². The van der Waals surface area contributed by atoms with Crippen molar-refractivity contribution in [3.63, 3.8) is 0 Å². The van der Waals surface area contributed by atoms with Gasteiger partial charge in [-0.15, -0.1) is 0 Å². The smallest absolute Gasteiger partial charge is 0.263 e. The highest BCUT2D eigenvalue weighted by atomic mass is 79.9. The molecule has 0 heterocycles. The molecular weight excluding hydrogens is 373 g/mol. The number of nitrogens with one attached hydrogen (secondary N) is 1. The molecule has 0 aromatic heterocycles. The van der Waals surface area contributed by atoms with E-state index in [-0.39, 0.29) is 15.6 Å². The number of sulfonamides is 1. The second-order valence-electron chi connectivity index (χ2n) is 3.82. The first kappa shape index (κ1) is 15.1. The van der Waals surface area contributed by atoms with Crippen LogP contribution in [0.25, 0.3) is 0 Å². The van der Waals surface area contributed by atoms with Gasteiger partial charge in [0.1, 0.15) is 10.7 Å². The Kier molecular flexibility index (Phi) is 4.22. The second kappa shape index (κ2) is 5.59. The van der Waals surface area contributed by atoms with Crippen molar-refractivity contribution in [3.05, 3.63) is 51.7 Å². The summed E-state index contributed by atoms with van der Waals surface area (Å²) >= 11 is 8.70. The minimum atomic E-state index is -3.98. The molecule has 20 heavy (non-hydrogen) atoms. The molecule has 0 fully saturated rings. The molecule has 0 saturated carbocycles. The first-order valence-electron chi connectivity index (χ1n) is 5.26. The zero-order valence-electron chi connectivity index (χ0n) is 9.77. The van der Waals surface area contributed by atoms with E-state index >= 15 is 0 Å². The Hall–Kier alpha value is -1.31. The molecule has 0 aliphatic carbocycles. The van der Waals surface area contributed by atoms with Gasteiger partial charge < -0.3 is 5.11 Å². The van der Waals surface area contributed by atoms with Crippen molar-refractivity contribution in [2.45, 2.75) is 4.90 Å². The first-order valence-corrected chi connectivity index (χ1v) is 7.92. The van der Waals surface area contributed by atoms with Crippen LogP contribution >= 0.6 is 27.5 Å². The van der Waals surface area contributed by atoms with Gasteiger partial charge in [-0.1, -0.05) is 23.7 Å². The summed E-state index contributed by atoms with van der Waals surface area (Å²) < 4.78 is 40.0. The maximum atomic E-state index is 13.2. The molecule has 8 heteroatoms. The van der Waals surface area contributed by atoms with Gasteiger partial charge in [0.25, 0.3) is 10.0 Å². The van der Waals surface area contributed by atoms with Crippen molar-refractivity contribution in [2.75, 3.05) is 4.72 Å². The third kappa shape index (κ3) is 3.05. The van der Waals surface area contributed by atoms with E-state index in [1.807, 2.05) is 0 Å². The lowest BCUT2D eigenvalue weighted by atomic mass is 10.3. The minimum absolute atomic E-state index is 0.0419. The van der Waals surface area contributed by atoms with Gasteiger partial charge >= 0.3 is 0 Å². The standard InChI is InChI=1S/C12H8BrClFNO3S/c13-8-3-1-2-4-11(8)20(18,19)16-10-6-7(15)5-9(14)12(10)17/h1-6,16-17H. The number of phenolic OH excluding ortho intramolecular Hbond substituents is 1. The molecule has 0 radical (unpaired) electrons. The molecular formula is C12H8BrClFNO3S. The van der Waals surface area contributed by atoms with Gasteiger partial charge in [-0.2, -0.15) is 0 Å². The maximum Gasteiger partial charge on any atom is 0.263 e. The largest absolute Gasteiger partial charge is 0.504 e. The van der Waals surface area contributed by atoms with E-state index in [0.29, 0.717) is 4.47 Å². The van der Waals surface area contributed by atoms with Crippen LogP contribution in [0.5, 0.6) is 5.75 Å². The fourth-order valence-electron chi connectivity index (χ4n) is 1.51. The quantitative estimate of drug-likeness (QED) is 0.797. The van der Waals surface area contributed by atoms with Crippen molar-refractivity contribution in [1.82, 2.24) is 0 Å². The topological polar surface area (TPSA) is 66.4 Å². The van der Waals surface area contributed by atoms with Crippen LogP contribution in [-0.4, -0.2) is 13.5 Å². The maximum absolute atomic E-state index is 13.2. The van der Waals surface area contributed by atoms with Crippen molar-refractivity contribution in [2.24, 2.45) is 0 Å². The fraction of sp³-hybridized carbons (Fsp3) is 0. The molecule has 0 spiro atoms. The predicted octanol–water partition coefficient (Wildman–Crippen LogP) is 3.75. The van der Waals surface area contributed by atoms with Gasteiger partial charge in [0.15, 0.2) is 5.75 Å². The number of aromatic hydroxyl groups is 1. The molecule has 0 unspecified atom stereocenters. The molecule has 4 nitrogen and oxygen atoms in total. The third-order valence-electron chi connectivity index (χ3n) is 2.40. The van der Waals surface area contributed by atoms with Gasteiger partial charge in [-0.25, -0.2) is 12.8 Å². The molecule has 0 aliphatic heterocycles.